The molecule has 5 heteroatoms. The number of hydrogen-bond acceptors (Lipinski definition) is 3. The van der Waals surface area contributed by atoms with E-state index in [-0.39, 0.29) is 11.6 Å². The zero-order valence-corrected chi connectivity index (χ0v) is 16.5. The van der Waals surface area contributed by atoms with Crippen molar-refractivity contribution in [2.45, 2.75) is 0 Å². The van der Waals surface area contributed by atoms with Crippen LogP contribution in [0.25, 0.3) is 6.08 Å². The first-order chi connectivity index (χ1) is 14.7. The molecule has 0 saturated carbocycles. The van der Waals surface area contributed by atoms with Gasteiger partial charge in [-0.25, -0.2) is 0 Å². The van der Waals surface area contributed by atoms with Crippen molar-refractivity contribution in [3.8, 4) is 5.75 Å². The minimum Gasteiger partial charge on any atom is -0.497 e. The van der Waals surface area contributed by atoms with Crippen molar-refractivity contribution in [1.82, 2.24) is 5.32 Å². The Labute approximate surface area is 175 Å². The molecule has 0 aliphatic heterocycles. The maximum Gasteiger partial charge on any atom is 0.272 e. The van der Waals surface area contributed by atoms with Crippen LogP contribution in [-0.2, 0) is 4.79 Å². The van der Waals surface area contributed by atoms with Crippen molar-refractivity contribution < 1.29 is 14.3 Å². The van der Waals surface area contributed by atoms with Crippen molar-refractivity contribution in [1.29, 1.82) is 0 Å². The molecule has 0 heterocycles. The SMILES string of the molecule is COc1ccc(NC(=O)/C(=C\C=C\c2ccccc2)NC(=O)c2ccccc2)cc1. The summed E-state index contributed by atoms with van der Waals surface area (Å²) in [5, 5.41) is 5.48. The van der Waals surface area contributed by atoms with Gasteiger partial charge >= 0.3 is 0 Å². The summed E-state index contributed by atoms with van der Waals surface area (Å²) in [6.07, 6.45) is 5.16. The largest absolute Gasteiger partial charge is 0.497 e. The second-order valence-electron chi connectivity index (χ2n) is 6.35. The second-order valence-corrected chi connectivity index (χ2v) is 6.35. The molecule has 2 amide bonds. The topological polar surface area (TPSA) is 67.4 Å². The number of allylic oxidation sites excluding steroid dienone is 2. The Kier molecular flexibility index (Phi) is 7.17. The standard InChI is InChI=1S/C25H22N2O3/c1-30-22-17-15-21(16-18-22)26-25(29)23(14-8-11-19-9-4-2-5-10-19)27-24(28)20-12-6-3-7-13-20/h2-18H,1H3,(H,26,29)(H,27,28)/b11-8+,23-14+. The quantitative estimate of drug-likeness (QED) is 0.449. The zero-order valence-electron chi connectivity index (χ0n) is 16.5. The van der Waals surface area contributed by atoms with Crippen LogP contribution in [0.5, 0.6) is 5.75 Å². The third-order valence-electron chi connectivity index (χ3n) is 4.23. The molecule has 3 rings (SSSR count). The van der Waals surface area contributed by atoms with Crippen LogP contribution in [0.4, 0.5) is 5.69 Å². The van der Waals surface area contributed by atoms with Gasteiger partial charge in [-0.3, -0.25) is 9.59 Å². The smallest absolute Gasteiger partial charge is 0.272 e. The second kappa shape index (κ2) is 10.4. The van der Waals surface area contributed by atoms with Crippen LogP contribution in [0, 0.1) is 0 Å². The van der Waals surface area contributed by atoms with Gasteiger partial charge in [0.05, 0.1) is 7.11 Å². The van der Waals surface area contributed by atoms with Crippen LogP contribution in [0.1, 0.15) is 15.9 Å². The number of ether oxygens (including phenoxy) is 1. The fourth-order valence-electron chi connectivity index (χ4n) is 2.65. The lowest BCUT2D eigenvalue weighted by Crippen LogP contribution is -2.30. The molecule has 0 bridgehead atoms. The Morgan fingerprint density at radius 3 is 2.10 bits per heavy atom. The number of nitrogens with one attached hydrogen (secondary N) is 2. The lowest BCUT2D eigenvalue weighted by molar-refractivity contribution is -0.113. The van der Waals surface area contributed by atoms with E-state index < -0.39 is 5.91 Å². The van der Waals surface area contributed by atoms with E-state index in [1.165, 1.54) is 0 Å². The van der Waals surface area contributed by atoms with Crippen LogP contribution < -0.4 is 15.4 Å². The first-order valence-electron chi connectivity index (χ1n) is 9.41. The molecule has 0 saturated heterocycles. The van der Waals surface area contributed by atoms with Crippen molar-refractivity contribution >= 4 is 23.6 Å². The molecule has 0 spiro atoms. The Balaban J connectivity index is 1.79. The van der Waals surface area contributed by atoms with Gasteiger partial charge in [-0.05, 0) is 48.0 Å². The van der Waals surface area contributed by atoms with Crippen LogP contribution in [0.3, 0.4) is 0 Å². The van der Waals surface area contributed by atoms with E-state index in [9.17, 15) is 9.59 Å². The average molecular weight is 398 g/mol. The van der Waals surface area contributed by atoms with E-state index >= 15 is 0 Å². The molecule has 30 heavy (non-hydrogen) atoms. The summed E-state index contributed by atoms with van der Waals surface area (Å²) < 4.78 is 5.13. The van der Waals surface area contributed by atoms with E-state index in [1.54, 1.807) is 67.8 Å². The molecule has 3 aromatic carbocycles. The summed E-state index contributed by atoms with van der Waals surface area (Å²) in [5.41, 5.74) is 2.17. The van der Waals surface area contributed by atoms with Crippen LogP contribution >= 0.6 is 0 Å². The van der Waals surface area contributed by atoms with Crippen LogP contribution in [0.2, 0.25) is 0 Å². The summed E-state index contributed by atoms with van der Waals surface area (Å²) >= 11 is 0. The van der Waals surface area contributed by atoms with E-state index in [0.717, 1.165) is 5.56 Å². The summed E-state index contributed by atoms with van der Waals surface area (Å²) in [6.45, 7) is 0. The summed E-state index contributed by atoms with van der Waals surface area (Å²) in [4.78, 5) is 25.4. The number of anilines is 1. The van der Waals surface area contributed by atoms with E-state index in [4.69, 9.17) is 4.74 Å². The predicted molar refractivity (Wildman–Crippen MR) is 119 cm³/mol. The zero-order chi connectivity index (χ0) is 21.2. The number of hydrogen-bond donors (Lipinski definition) is 2. The Hall–Kier alpha value is -4.12. The molecule has 3 aromatic rings. The highest BCUT2D eigenvalue weighted by Gasteiger charge is 2.14. The summed E-state index contributed by atoms with van der Waals surface area (Å²) in [5.74, 6) is -0.103. The maximum atomic E-state index is 12.8. The average Bonchev–Trinajstić information content (AvgIpc) is 2.80. The van der Waals surface area contributed by atoms with Crippen LogP contribution in [-0.4, -0.2) is 18.9 Å². The minimum absolute atomic E-state index is 0.131. The monoisotopic (exact) mass is 398 g/mol. The molecule has 0 aromatic heterocycles. The van der Waals surface area contributed by atoms with Gasteiger partial charge in [0.15, 0.2) is 0 Å². The fourth-order valence-corrected chi connectivity index (χ4v) is 2.65. The van der Waals surface area contributed by atoms with Crippen LogP contribution in [0.15, 0.2) is 103 Å². The predicted octanol–water partition coefficient (Wildman–Crippen LogP) is 4.66. The lowest BCUT2D eigenvalue weighted by atomic mass is 10.2. The molecule has 0 aliphatic carbocycles. The van der Waals surface area contributed by atoms with Crippen molar-refractivity contribution in [3.05, 3.63) is 114 Å². The lowest BCUT2D eigenvalue weighted by Gasteiger charge is -2.11. The van der Waals surface area contributed by atoms with Gasteiger partial charge in [0.25, 0.3) is 11.8 Å². The Morgan fingerprint density at radius 2 is 1.47 bits per heavy atom. The molecule has 0 atom stereocenters. The number of benzene rings is 3. The molecular weight excluding hydrogens is 376 g/mol. The molecule has 0 unspecified atom stereocenters. The van der Waals surface area contributed by atoms with Gasteiger partial charge in [0, 0.05) is 11.3 Å². The first kappa shape index (κ1) is 20.6. The number of rotatable bonds is 7. The Bertz CT molecular complexity index is 1040. The third-order valence-corrected chi connectivity index (χ3v) is 4.23. The Morgan fingerprint density at radius 1 is 0.833 bits per heavy atom. The number of amides is 2. The van der Waals surface area contributed by atoms with Gasteiger partial charge in [-0.15, -0.1) is 0 Å². The summed E-state index contributed by atoms with van der Waals surface area (Å²) in [6, 6.07) is 25.4. The normalized spacial score (nSPS) is 11.2. The minimum atomic E-state index is -0.429. The van der Waals surface area contributed by atoms with Crippen molar-refractivity contribution in [3.63, 3.8) is 0 Å². The fraction of sp³-hybridized carbons (Fsp3) is 0.0400. The number of carbonyl (C=O) groups is 2. The summed E-state index contributed by atoms with van der Waals surface area (Å²) in [7, 11) is 1.58. The van der Waals surface area contributed by atoms with E-state index in [2.05, 4.69) is 10.6 Å². The van der Waals surface area contributed by atoms with Gasteiger partial charge in [0.1, 0.15) is 11.4 Å². The maximum absolute atomic E-state index is 12.8. The number of methoxy groups -OCH3 is 1. The van der Waals surface area contributed by atoms with Gasteiger partial charge in [-0.1, -0.05) is 60.7 Å². The van der Waals surface area contributed by atoms with Gasteiger partial charge < -0.3 is 15.4 Å². The first-order valence-corrected chi connectivity index (χ1v) is 9.41. The van der Waals surface area contributed by atoms with Crippen molar-refractivity contribution in [2.75, 3.05) is 12.4 Å². The highest BCUT2D eigenvalue weighted by Crippen LogP contribution is 2.15. The third kappa shape index (κ3) is 5.94. The molecule has 0 aliphatic rings. The van der Waals surface area contributed by atoms with Gasteiger partial charge in [-0.2, -0.15) is 0 Å². The highest BCUT2D eigenvalue weighted by atomic mass is 16.5. The number of carbonyl (C=O) groups excluding carboxylic acids is 2. The van der Waals surface area contributed by atoms with E-state index in [1.807, 2.05) is 42.5 Å². The highest BCUT2D eigenvalue weighted by molar-refractivity contribution is 6.08. The molecule has 150 valence electrons. The molecule has 2 N–H and O–H groups in total. The van der Waals surface area contributed by atoms with Gasteiger partial charge in [0.2, 0.25) is 0 Å². The molecular formula is C25H22N2O3. The molecule has 0 radical (unpaired) electrons. The molecule has 5 nitrogen and oxygen atoms in total. The molecule has 0 fully saturated rings. The van der Waals surface area contributed by atoms with E-state index in [0.29, 0.717) is 17.0 Å². The van der Waals surface area contributed by atoms with Crippen molar-refractivity contribution in [2.24, 2.45) is 0 Å².